The molecule has 6 aromatic carbocycles. The number of esters is 7. The number of carbonyl (C=O) groups excluding carboxylic acids is 8. The Morgan fingerprint density at radius 1 is 0.359 bits per heavy atom. The fourth-order valence-corrected chi connectivity index (χ4v) is 15.0. The first-order chi connectivity index (χ1) is 62.0. The zero-order chi connectivity index (χ0) is 92.1. The summed E-state index contributed by atoms with van der Waals surface area (Å²) < 4.78 is 44.2. The second-order valence-electron chi connectivity index (χ2n) is 30.6. The molecule has 2 heterocycles. The second-order valence-corrected chi connectivity index (χ2v) is 31.0. The van der Waals surface area contributed by atoms with Gasteiger partial charge in [-0.05, 0) is 200 Å². The lowest BCUT2D eigenvalue weighted by atomic mass is 9.86. The Bertz CT molecular complexity index is 4940. The van der Waals surface area contributed by atoms with E-state index in [0.717, 1.165) is 114 Å². The van der Waals surface area contributed by atoms with E-state index in [1.807, 2.05) is 78.9 Å². The zero-order valence-electron chi connectivity index (χ0n) is 74.2. The van der Waals surface area contributed by atoms with Crippen LogP contribution in [0.15, 0.2) is 152 Å². The molecular formula is C96H119ClN10O21. The van der Waals surface area contributed by atoms with Crippen molar-refractivity contribution >= 4 is 105 Å². The van der Waals surface area contributed by atoms with Crippen LogP contribution in [0.3, 0.4) is 0 Å². The first-order valence-corrected chi connectivity index (χ1v) is 44.3. The number of rotatable bonds is 33. The van der Waals surface area contributed by atoms with Crippen LogP contribution in [0.5, 0.6) is 5.75 Å². The largest absolute Gasteiger partial charge is 0.513 e. The number of nitrogens with zero attached hydrogens (tertiary/aromatic N) is 4. The number of halogens is 1. The Labute approximate surface area is 752 Å². The molecule has 0 radical (unpaired) electrons. The van der Waals surface area contributed by atoms with E-state index in [9.17, 15) is 58.6 Å². The van der Waals surface area contributed by atoms with Gasteiger partial charge in [-0.25, -0.2) is 43.3 Å². The molecule has 0 unspecified atom stereocenters. The molecule has 4 aliphatic rings. The van der Waals surface area contributed by atoms with Crippen molar-refractivity contribution in [3.63, 3.8) is 0 Å². The molecule has 4 saturated carbocycles. The van der Waals surface area contributed by atoms with Gasteiger partial charge in [0.15, 0.2) is 0 Å². The molecule has 2 aromatic heterocycles. The molecule has 0 amide bonds. The highest BCUT2D eigenvalue weighted by Crippen LogP contribution is 2.35. The molecule has 31 nitrogen and oxygen atoms in total. The lowest BCUT2D eigenvalue weighted by molar-refractivity contribution is -0.386. The Balaban J connectivity index is 0.000000202. The van der Waals surface area contributed by atoms with Gasteiger partial charge in [-0.1, -0.05) is 138 Å². The SMILES string of the molecule is CCOC(=O)c1ccc(CNc2cc(C(=O)OCC)ccc2NC2CCCCC2)cc1.CCOC(=O)c1ccc(NC2CCCCC2)c(NCc2ccc(C(=O)OC)cc2)c1.CCOC(=O)c1ccc(NC2CCCCC2)c(NCc2ccc(OC(=O)OC)cc2)c1.CCOC(=O)c1cnc(CC2CCCCC2)c([N+](=O)[O-])c1.CCOC(=O)c1cnc(Cl)c([N+](=O)[O-])c1. The minimum absolute atomic E-state index is 0.00736. The topological polar surface area (TPSA) is 404 Å². The number of ether oxygens (including phenoxy) is 9. The van der Waals surface area contributed by atoms with Gasteiger partial charge in [0, 0.05) is 62.3 Å². The van der Waals surface area contributed by atoms with Crippen molar-refractivity contribution in [3.05, 3.63) is 239 Å². The molecule has 4 aliphatic carbocycles. The van der Waals surface area contributed by atoms with Crippen molar-refractivity contribution < 1.29 is 90.8 Å². The number of nitro groups is 2. The quantitative estimate of drug-likeness (QED) is 0.00555. The fraction of sp³-hybridized carbons (Fsp3) is 0.438. The van der Waals surface area contributed by atoms with Crippen molar-refractivity contribution in [3.8, 4) is 5.75 Å². The molecule has 686 valence electrons. The van der Waals surface area contributed by atoms with Crippen molar-refractivity contribution in [2.24, 2.45) is 5.92 Å². The van der Waals surface area contributed by atoms with Crippen molar-refractivity contribution in [1.29, 1.82) is 0 Å². The van der Waals surface area contributed by atoms with Crippen LogP contribution >= 0.6 is 11.6 Å². The first kappa shape index (κ1) is 100. The minimum atomic E-state index is -0.750. The van der Waals surface area contributed by atoms with Gasteiger partial charge in [-0.2, -0.15) is 0 Å². The van der Waals surface area contributed by atoms with Crippen molar-refractivity contribution in [2.45, 2.75) is 214 Å². The van der Waals surface area contributed by atoms with Crippen LogP contribution in [0.4, 0.5) is 50.3 Å². The van der Waals surface area contributed by atoms with Gasteiger partial charge in [0.1, 0.15) is 11.4 Å². The Morgan fingerprint density at radius 3 is 1.00 bits per heavy atom. The van der Waals surface area contributed by atoms with Crippen molar-refractivity contribution in [1.82, 2.24) is 9.97 Å². The van der Waals surface area contributed by atoms with E-state index in [-0.39, 0.29) is 65.0 Å². The maximum atomic E-state index is 12.2. The summed E-state index contributed by atoms with van der Waals surface area (Å²) in [7, 11) is 2.64. The maximum absolute atomic E-state index is 12.2. The van der Waals surface area contributed by atoms with Crippen LogP contribution in [0.25, 0.3) is 0 Å². The molecule has 32 heteroatoms. The number of carbonyl (C=O) groups is 8. The van der Waals surface area contributed by atoms with Crippen LogP contribution in [0, 0.1) is 26.1 Å². The van der Waals surface area contributed by atoms with E-state index in [2.05, 4.69) is 51.3 Å². The molecule has 6 N–H and O–H groups in total. The summed E-state index contributed by atoms with van der Waals surface area (Å²) in [6.07, 6.45) is 26.5. The van der Waals surface area contributed by atoms with Gasteiger partial charge in [0.2, 0.25) is 5.15 Å². The standard InChI is InChI=1S/C25H32N2O4.C24H30N2O5.C24H30N2O4.C15H20N2O4.C8H7ClN2O4/c1-3-30-24(28)19-12-10-18(11-13-19)17-26-23-16-20(25(29)31-4-2)14-15-22(23)27-21-8-6-5-7-9-21;1-3-30-23(27)18-11-14-21(26-19-7-5-4-6-8-19)22(15-18)25-16-17-9-12-20(13-10-17)31-24(28)29-2;1-3-30-24(28)19-13-14-21(26-20-7-5-4-6-8-20)22(15-19)25-16-17-9-11-18(12-10-17)23(27)29-2;1-2-21-15(18)12-9-14(17(19)20)13(16-10-12)8-11-6-4-3-5-7-11;1-2-15-8(12)5-3-6(11(13)14)7(9)10-4-5/h10-16,21,26-27H,3-9,17H2,1-2H3;9-15,19,25-26H,3-8,16H2,1-2H3;9-15,20,25-26H,3-8,16H2,1-2H3;9-11H,2-8H2,1H3;3-4H,2H2,1H3. The summed E-state index contributed by atoms with van der Waals surface area (Å²) >= 11 is 5.47. The second kappa shape index (κ2) is 54.2. The third-order valence-corrected chi connectivity index (χ3v) is 21.7. The molecule has 0 spiro atoms. The third-order valence-electron chi connectivity index (χ3n) is 21.5. The average Bonchev–Trinajstić information content (AvgIpc) is 0.839. The lowest BCUT2D eigenvalue weighted by Gasteiger charge is -2.25. The van der Waals surface area contributed by atoms with Gasteiger partial charge in [0.05, 0.1) is 137 Å². The van der Waals surface area contributed by atoms with Crippen LogP contribution in [-0.4, -0.2) is 140 Å². The van der Waals surface area contributed by atoms with Gasteiger partial charge < -0.3 is 74.5 Å². The van der Waals surface area contributed by atoms with Crippen LogP contribution in [0.2, 0.25) is 5.15 Å². The number of hydrogen-bond donors (Lipinski definition) is 6. The van der Waals surface area contributed by atoms with E-state index < -0.39 is 33.6 Å². The number of pyridine rings is 2. The molecule has 12 rings (SSSR count). The smallest absolute Gasteiger partial charge is 0.465 e. The molecule has 0 saturated heterocycles. The van der Waals surface area contributed by atoms with Gasteiger partial charge in [-0.3, -0.25) is 25.2 Å². The van der Waals surface area contributed by atoms with E-state index in [0.29, 0.717) is 116 Å². The number of aromatic nitrogens is 2. The summed E-state index contributed by atoms with van der Waals surface area (Å²) in [6, 6.07) is 42.2. The van der Waals surface area contributed by atoms with Gasteiger partial charge in [0.25, 0.3) is 5.69 Å². The van der Waals surface area contributed by atoms with Crippen LogP contribution < -0.4 is 36.6 Å². The summed E-state index contributed by atoms with van der Waals surface area (Å²) in [4.78, 5) is 122. The van der Waals surface area contributed by atoms with E-state index >= 15 is 0 Å². The summed E-state index contributed by atoms with van der Waals surface area (Å²) in [5.74, 6) is -2.02. The number of benzene rings is 6. The number of methoxy groups -OCH3 is 2. The number of anilines is 6. The minimum Gasteiger partial charge on any atom is -0.465 e. The number of hydrogen-bond acceptors (Lipinski definition) is 29. The summed E-state index contributed by atoms with van der Waals surface area (Å²) in [5, 5.41) is 42.7. The van der Waals surface area contributed by atoms with E-state index in [1.54, 1.807) is 90.1 Å². The van der Waals surface area contributed by atoms with Crippen molar-refractivity contribution in [2.75, 3.05) is 85.8 Å². The highest BCUT2D eigenvalue weighted by Gasteiger charge is 2.27. The molecule has 128 heavy (non-hydrogen) atoms. The van der Waals surface area contributed by atoms with Crippen LogP contribution in [0.1, 0.15) is 265 Å². The molecule has 0 atom stereocenters. The third kappa shape index (κ3) is 33.1. The first-order valence-electron chi connectivity index (χ1n) is 44.0. The fourth-order valence-electron chi connectivity index (χ4n) is 14.8. The monoisotopic (exact) mass is 1780 g/mol. The Morgan fingerprint density at radius 2 is 0.664 bits per heavy atom. The highest BCUT2D eigenvalue weighted by atomic mass is 35.5. The molecule has 8 aromatic rings. The average molecular weight is 1780 g/mol. The van der Waals surface area contributed by atoms with Crippen LogP contribution in [-0.2, 0) is 63.9 Å². The van der Waals surface area contributed by atoms with Gasteiger partial charge >= 0.3 is 53.6 Å². The summed E-state index contributed by atoms with van der Waals surface area (Å²) in [5.41, 5.74) is 11.3. The predicted octanol–water partition coefficient (Wildman–Crippen LogP) is 20.9. The summed E-state index contributed by atoms with van der Waals surface area (Å²) in [6.45, 7) is 14.0. The van der Waals surface area contributed by atoms with E-state index in [1.165, 1.54) is 104 Å². The normalized spacial score (nSPS) is 13.8. The predicted molar refractivity (Wildman–Crippen MR) is 489 cm³/mol. The molecular weight excluding hydrogens is 1660 g/mol. The lowest BCUT2D eigenvalue weighted by Crippen LogP contribution is -2.23. The van der Waals surface area contributed by atoms with Gasteiger partial charge in [-0.15, -0.1) is 0 Å². The highest BCUT2D eigenvalue weighted by molar-refractivity contribution is 6.31. The number of nitrogens with one attached hydrogen (secondary N) is 6. The Hall–Kier alpha value is -12.9. The molecule has 4 fully saturated rings. The Kier molecular flexibility index (Phi) is 42.5. The van der Waals surface area contributed by atoms with E-state index in [4.69, 9.17) is 44.8 Å². The molecule has 0 bridgehead atoms. The maximum Gasteiger partial charge on any atom is 0.513 e. The zero-order valence-corrected chi connectivity index (χ0v) is 75.0. The molecule has 0 aliphatic heterocycles.